The lowest BCUT2D eigenvalue weighted by Gasteiger charge is -2.08. The molecule has 0 bridgehead atoms. The average Bonchev–Trinajstić information content (AvgIpc) is 3.11. The van der Waals surface area contributed by atoms with Gasteiger partial charge in [0.2, 0.25) is 0 Å². The van der Waals surface area contributed by atoms with Crippen LogP contribution >= 0.6 is 0 Å². The van der Waals surface area contributed by atoms with E-state index in [1.165, 1.54) is 30.5 Å². The van der Waals surface area contributed by atoms with Gasteiger partial charge in [-0.25, -0.2) is 9.97 Å². The molecule has 0 aliphatic carbocycles. The standard InChI is InChI=1S/C16H12F2N4O2/c17-16(18)24-13-4-2-12(3-5-13)21-15(23)11-1-6-14(20-9-11)22-8-7-19-10-22/h1-10,16H,(H,21,23). The van der Waals surface area contributed by atoms with E-state index in [2.05, 4.69) is 20.0 Å². The predicted molar refractivity (Wildman–Crippen MR) is 82.4 cm³/mol. The summed E-state index contributed by atoms with van der Waals surface area (Å²) in [5.74, 6) is 0.300. The number of nitrogens with one attached hydrogen (secondary N) is 1. The van der Waals surface area contributed by atoms with Gasteiger partial charge >= 0.3 is 6.61 Å². The number of nitrogens with zero attached hydrogens (tertiary/aromatic N) is 3. The predicted octanol–water partition coefficient (Wildman–Crippen LogP) is 3.12. The molecule has 0 aliphatic heterocycles. The lowest BCUT2D eigenvalue weighted by Crippen LogP contribution is -2.12. The molecule has 6 nitrogen and oxygen atoms in total. The highest BCUT2D eigenvalue weighted by atomic mass is 19.3. The van der Waals surface area contributed by atoms with Gasteiger partial charge in [-0.1, -0.05) is 0 Å². The van der Waals surface area contributed by atoms with Crippen molar-refractivity contribution in [3.05, 3.63) is 66.9 Å². The van der Waals surface area contributed by atoms with E-state index in [9.17, 15) is 13.6 Å². The number of rotatable bonds is 5. The minimum atomic E-state index is -2.88. The Labute approximate surface area is 135 Å². The first-order chi connectivity index (χ1) is 11.6. The van der Waals surface area contributed by atoms with Crippen molar-refractivity contribution in [2.24, 2.45) is 0 Å². The number of carbonyl (C=O) groups is 1. The van der Waals surface area contributed by atoms with Crippen molar-refractivity contribution in [2.45, 2.75) is 6.61 Å². The third-order valence-corrected chi connectivity index (χ3v) is 3.12. The van der Waals surface area contributed by atoms with E-state index in [1.54, 1.807) is 35.4 Å². The Bertz CT molecular complexity index is 803. The number of hydrogen-bond donors (Lipinski definition) is 1. The molecule has 122 valence electrons. The van der Waals surface area contributed by atoms with Gasteiger partial charge in [-0.3, -0.25) is 9.36 Å². The van der Waals surface area contributed by atoms with Crippen LogP contribution in [0.4, 0.5) is 14.5 Å². The van der Waals surface area contributed by atoms with Crippen LogP contribution in [0.15, 0.2) is 61.3 Å². The number of halogens is 2. The Balaban J connectivity index is 1.66. The first-order valence-corrected chi connectivity index (χ1v) is 6.92. The van der Waals surface area contributed by atoms with Crippen molar-refractivity contribution >= 4 is 11.6 Å². The van der Waals surface area contributed by atoms with Crippen LogP contribution in [-0.4, -0.2) is 27.1 Å². The van der Waals surface area contributed by atoms with Crippen LogP contribution in [-0.2, 0) is 0 Å². The van der Waals surface area contributed by atoms with E-state index in [0.717, 1.165) is 0 Å². The number of amides is 1. The molecule has 24 heavy (non-hydrogen) atoms. The summed E-state index contributed by atoms with van der Waals surface area (Å²) in [7, 11) is 0. The molecular weight excluding hydrogens is 318 g/mol. The minimum absolute atomic E-state index is 0.0225. The largest absolute Gasteiger partial charge is 0.435 e. The summed E-state index contributed by atoms with van der Waals surface area (Å²) in [4.78, 5) is 20.3. The summed E-state index contributed by atoms with van der Waals surface area (Å²) in [6.45, 7) is -2.88. The lowest BCUT2D eigenvalue weighted by atomic mass is 10.2. The molecule has 0 radical (unpaired) electrons. The van der Waals surface area contributed by atoms with Gasteiger partial charge in [0.15, 0.2) is 0 Å². The highest BCUT2D eigenvalue weighted by Crippen LogP contribution is 2.18. The van der Waals surface area contributed by atoms with Crippen LogP contribution in [0.3, 0.4) is 0 Å². The molecule has 0 atom stereocenters. The summed E-state index contributed by atoms with van der Waals surface area (Å²) in [5, 5.41) is 2.65. The van der Waals surface area contributed by atoms with Crippen LogP contribution in [0.25, 0.3) is 5.82 Å². The quantitative estimate of drug-likeness (QED) is 0.780. The van der Waals surface area contributed by atoms with Gasteiger partial charge in [-0.15, -0.1) is 0 Å². The zero-order valence-electron chi connectivity index (χ0n) is 12.3. The minimum Gasteiger partial charge on any atom is -0.435 e. The summed E-state index contributed by atoms with van der Waals surface area (Å²) in [6.07, 6.45) is 6.42. The summed E-state index contributed by atoms with van der Waals surface area (Å²) >= 11 is 0. The molecule has 0 saturated carbocycles. The number of anilines is 1. The fourth-order valence-electron chi connectivity index (χ4n) is 1.99. The first kappa shape index (κ1) is 15.6. The van der Waals surface area contributed by atoms with Crippen LogP contribution in [0, 0.1) is 0 Å². The van der Waals surface area contributed by atoms with E-state index in [1.807, 2.05) is 0 Å². The zero-order chi connectivity index (χ0) is 16.9. The van der Waals surface area contributed by atoms with Crippen molar-refractivity contribution < 1.29 is 18.3 Å². The molecule has 1 aromatic carbocycles. The second-order valence-corrected chi connectivity index (χ2v) is 4.73. The number of alkyl halides is 2. The molecular formula is C16H12F2N4O2. The first-order valence-electron chi connectivity index (χ1n) is 6.92. The van der Waals surface area contributed by atoms with Gasteiger partial charge in [0, 0.05) is 24.3 Å². The fourth-order valence-corrected chi connectivity index (χ4v) is 1.99. The Morgan fingerprint density at radius 2 is 1.96 bits per heavy atom. The number of carbonyl (C=O) groups excluding carboxylic acids is 1. The maximum Gasteiger partial charge on any atom is 0.387 e. The Morgan fingerprint density at radius 3 is 2.54 bits per heavy atom. The molecule has 3 aromatic rings. The lowest BCUT2D eigenvalue weighted by molar-refractivity contribution is -0.0498. The maximum atomic E-state index is 12.2. The molecule has 0 saturated heterocycles. The Kier molecular flexibility index (Phi) is 4.46. The number of aromatic nitrogens is 3. The van der Waals surface area contributed by atoms with Gasteiger partial charge in [-0.2, -0.15) is 8.78 Å². The highest BCUT2D eigenvalue weighted by Gasteiger charge is 2.08. The topological polar surface area (TPSA) is 69.0 Å². The number of benzene rings is 1. The molecule has 3 rings (SSSR count). The summed E-state index contributed by atoms with van der Waals surface area (Å²) in [6, 6.07) is 8.97. The van der Waals surface area contributed by atoms with Crippen molar-refractivity contribution in [3.8, 4) is 11.6 Å². The SMILES string of the molecule is O=C(Nc1ccc(OC(F)F)cc1)c1ccc(-n2ccnc2)nc1. The fraction of sp³-hybridized carbons (Fsp3) is 0.0625. The van der Waals surface area contributed by atoms with Crippen LogP contribution in [0.5, 0.6) is 5.75 Å². The number of ether oxygens (including phenoxy) is 1. The number of hydrogen-bond acceptors (Lipinski definition) is 4. The van der Waals surface area contributed by atoms with E-state index >= 15 is 0 Å². The van der Waals surface area contributed by atoms with Crippen molar-refractivity contribution in [2.75, 3.05) is 5.32 Å². The smallest absolute Gasteiger partial charge is 0.387 e. The Hall–Kier alpha value is -3.29. The summed E-state index contributed by atoms with van der Waals surface area (Å²) < 4.78 is 30.1. The molecule has 0 fully saturated rings. The molecule has 0 spiro atoms. The van der Waals surface area contributed by atoms with Gasteiger partial charge in [0.25, 0.3) is 5.91 Å². The molecule has 2 aromatic heterocycles. The van der Waals surface area contributed by atoms with Crippen LogP contribution in [0.1, 0.15) is 10.4 Å². The summed E-state index contributed by atoms with van der Waals surface area (Å²) in [5.41, 5.74) is 0.826. The molecule has 1 N–H and O–H groups in total. The Morgan fingerprint density at radius 1 is 1.17 bits per heavy atom. The van der Waals surface area contributed by atoms with Gasteiger partial charge < -0.3 is 10.1 Å². The highest BCUT2D eigenvalue weighted by molar-refractivity contribution is 6.04. The van der Waals surface area contributed by atoms with E-state index in [0.29, 0.717) is 17.1 Å². The van der Waals surface area contributed by atoms with Gasteiger partial charge in [-0.05, 0) is 36.4 Å². The third kappa shape index (κ3) is 3.72. The van der Waals surface area contributed by atoms with Gasteiger partial charge in [0.1, 0.15) is 17.9 Å². The second kappa shape index (κ2) is 6.86. The van der Waals surface area contributed by atoms with E-state index in [-0.39, 0.29) is 11.7 Å². The van der Waals surface area contributed by atoms with Crippen molar-refractivity contribution in [1.82, 2.24) is 14.5 Å². The third-order valence-electron chi connectivity index (χ3n) is 3.12. The molecule has 0 aliphatic rings. The van der Waals surface area contributed by atoms with E-state index < -0.39 is 6.61 Å². The van der Waals surface area contributed by atoms with Crippen LogP contribution < -0.4 is 10.1 Å². The molecule has 0 unspecified atom stereocenters. The maximum absolute atomic E-state index is 12.2. The number of pyridine rings is 1. The average molecular weight is 330 g/mol. The molecule has 1 amide bonds. The monoisotopic (exact) mass is 330 g/mol. The zero-order valence-corrected chi connectivity index (χ0v) is 12.3. The number of imidazole rings is 1. The molecule has 8 heteroatoms. The molecule has 2 heterocycles. The van der Waals surface area contributed by atoms with Gasteiger partial charge in [0.05, 0.1) is 5.56 Å². The van der Waals surface area contributed by atoms with E-state index in [4.69, 9.17) is 0 Å². The van der Waals surface area contributed by atoms with Crippen LogP contribution in [0.2, 0.25) is 0 Å². The second-order valence-electron chi connectivity index (χ2n) is 4.73. The normalized spacial score (nSPS) is 10.6. The van der Waals surface area contributed by atoms with Crippen molar-refractivity contribution in [3.63, 3.8) is 0 Å². The van der Waals surface area contributed by atoms with Crippen molar-refractivity contribution in [1.29, 1.82) is 0 Å².